The predicted molar refractivity (Wildman–Crippen MR) is 101 cm³/mol. The van der Waals surface area contributed by atoms with Gasteiger partial charge >= 0.3 is 0 Å². The third-order valence-corrected chi connectivity index (χ3v) is 5.01. The molecule has 0 radical (unpaired) electrons. The zero-order valence-corrected chi connectivity index (χ0v) is 16.0. The first-order valence-corrected chi connectivity index (χ1v) is 8.67. The number of carbonyl (C=O) groups is 2. The Morgan fingerprint density at radius 2 is 2.23 bits per heavy atom. The van der Waals surface area contributed by atoms with E-state index in [0.717, 1.165) is 0 Å². The number of aliphatic hydroxyl groups is 1. The smallest absolute Gasteiger partial charge is 0.227 e. The van der Waals surface area contributed by atoms with Gasteiger partial charge in [-0.3, -0.25) is 9.59 Å². The summed E-state index contributed by atoms with van der Waals surface area (Å²) in [5, 5.41) is 16.2. The first kappa shape index (κ1) is 20.8. The van der Waals surface area contributed by atoms with Crippen molar-refractivity contribution >= 4 is 41.5 Å². The number of β-amino-alcohol motifs (C(OH)–C–C–N with tert-alkyl or cyclic N) is 1. The number of nitrogens with zero attached hydrogens (tertiary/aromatic N) is 1. The van der Waals surface area contributed by atoms with Crippen LogP contribution in [-0.2, 0) is 9.59 Å². The molecule has 3 N–H and O–H groups in total. The van der Waals surface area contributed by atoms with Gasteiger partial charge in [-0.1, -0.05) is 11.6 Å². The van der Waals surface area contributed by atoms with E-state index in [4.69, 9.17) is 16.3 Å². The summed E-state index contributed by atoms with van der Waals surface area (Å²) in [5.74, 6) is -0.189. The lowest BCUT2D eigenvalue weighted by Gasteiger charge is -2.20. The molecule has 0 aliphatic carbocycles. The van der Waals surface area contributed by atoms with E-state index < -0.39 is 12.0 Å². The maximum absolute atomic E-state index is 12.4. The number of carbonyl (C=O) groups excluding carboxylic acids is 2. The fourth-order valence-electron chi connectivity index (χ4n) is 3.29. The molecule has 1 aromatic carbocycles. The van der Waals surface area contributed by atoms with E-state index in [1.54, 1.807) is 23.1 Å². The number of methoxy groups -OCH3 is 1. The fraction of sp³-hybridized carbons (Fsp3) is 0.529. The van der Waals surface area contributed by atoms with E-state index >= 15 is 0 Å². The second-order valence-electron chi connectivity index (χ2n) is 6.45. The molecular formula is C17H23Cl2N3O4. The average Bonchev–Trinajstić information content (AvgIpc) is 3.18. The van der Waals surface area contributed by atoms with Crippen LogP contribution in [0.4, 0.5) is 5.69 Å². The summed E-state index contributed by atoms with van der Waals surface area (Å²) in [6.07, 6.45) is -0.301. The second kappa shape index (κ2) is 8.90. The molecule has 2 heterocycles. The van der Waals surface area contributed by atoms with Crippen LogP contribution in [0.2, 0.25) is 5.02 Å². The molecule has 2 fully saturated rings. The Morgan fingerprint density at radius 3 is 2.88 bits per heavy atom. The number of anilines is 1. The molecule has 26 heavy (non-hydrogen) atoms. The molecule has 0 saturated carbocycles. The zero-order valence-electron chi connectivity index (χ0n) is 14.4. The van der Waals surface area contributed by atoms with E-state index in [1.165, 1.54) is 7.11 Å². The molecule has 2 saturated heterocycles. The van der Waals surface area contributed by atoms with Crippen LogP contribution in [0, 0.1) is 11.8 Å². The lowest BCUT2D eigenvalue weighted by Crippen LogP contribution is -2.38. The van der Waals surface area contributed by atoms with Crippen LogP contribution in [0.15, 0.2) is 18.2 Å². The molecule has 0 aromatic heterocycles. The zero-order chi connectivity index (χ0) is 18.0. The van der Waals surface area contributed by atoms with Crippen molar-refractivity contribution in [3.8, 4) is 5.75 Å². The van der Waals surface area contributed by atoms with Crippen LogP contribution in [-0.4, -0.2) is 56.3 Å². The first-order chi connectivity index (χ1) is 12.0. The van der Waals surface area contributed by atoms with Gasteiger partial charge in [0.05, 0.1) is 24.8 Å². The molecule has 1 aromatic rings. The maximum atomic E-state index is 12.4. The fourth-order valence-corrected chi connectivity index (χ4v) is 3.46. The van der Waals surface area contributed by atoms with Crippen LogP contribution >= 0.6 is 24.0 Å². The summed E-state index contributed by atoms with van der Waals surface area (Å²) in [4.78, 5) is 26.3. The largest absolute Gasteiger partial charge is 0.495 e. The number of rotatable bonds is 5. The first-order valence-electron chi connectivity index (χ1n) is 8.30. The SMILES string of the molecule is COc1ccc(Cl)cc1N1CC(C(=O)NCC2CNCC2O)CC1=O.Cl. The highest BCUT2D eigenvalue weighted by atomic mass is 35.5. The van der Waals surface area contributed by atoms with E-state index in [2.05, 4.69) is 10.6 Å². The summed E-state index contributed by atoms with van der Waals surface area (Å²) in [6, 6.07) is 5.06. The van der Waals surface area contributed by atoms with Crippen molar-refractivity contribution in [3.05, 3.63) is 23.2 Å². The van der Waals surface area contributed by atoms with Crippen LogP contribution in [0.25, 0.3) is 0 Å². The van der Waals surface area contributed by atoms with Crippen LogP contribution in [0.1, 0.15) is 6.42 Å². The minimum absolute atomic E-state index is 0. The van der Waals surface area contributed by atoms with Gasteiger partial charge in [0.15, 0.2) is 0 Å². The van der Waals surface area contributed by atoms with Crippen molar-refractivity contribution in [1.29, 1.82) is 0 Å². The van der Waals surface area contributed by atoms with Gasteiger partial charge in [-0.05, 0) is 18.2 Å². The number of aliphatic hydroxyl groups excluding tert-OH is 1. The van der Waals surface area contributed by atoms with Crippen LogP contribution in [0.5, 0.6) is 5.75 Å². The number of ether oxygens (including phenoxy) is 1. The Hall–Kier alpha value is -1.54. The molecule has 2 aliphatic heterocycles. The summed E-state index contributed by atoms with van der Waals surface area (Å²) in [5.41, 5.74) is 0.575. The minimum Gasteiger partial charge on any atom is -0.495 e. The molecule has 144 valence electrons. The van der Waals surface area contributed by atoms with Crippen molar-refractivity contribution in [2.45, 2.75) is 12.5 Å². The summed E-state index contributed by atoms with van der Waals surface area (Å²) >= 11 is 6.03. The van der Waals surface area contributed by atoms with Gasteiger partial charge in [-0.15, -0.1) is 12.4 Å². The van der Waals surface area contributed by atoms with Gasteiger partial charge in [0, 0.05) is 43.5 Å². The third-order valence-electron chi connectivity index (χ3n) is 4.77. The summed E-state index contributed by atoms with van der Waals surface area (Å²) < 4.78 is 5.30. The number of benzene rings is 1. The van der Waals surface area contributed by atoms with Gasteiger partial charge in [-0.25, -0.2) is 0 Å². The number of amides is 2. The normalized spacial score (nSPS) is 25.1. The minimum atomic E-state index is -0.447. The molecule has 7 nitrogen and oxygen atoms in total. The van der Waals surface area contributed by atoms with Crippen LogP contribution < -0.4 is 20.3 Å². The number of halogens is 2. The van der Waals surface area contributed by atoms with E-state index in [-0.39, 0.29) is 43.1 Å². The quantitative estimate of drug-likeness (QED) is 0.676. The molecule has 3 unspecified atom stereocenters. The van der Waals surface area contributed by atoms with E-state index in [1.807, 2.05) is 0 Å². The number of nitrogens with one attached hydrogen (secondary N) is 2. The Kier molecular flexibility index (Phi) is 7.11. The molecule has 0 spiro atoms. The monoisotopic (exact) mass is 403 g/mol. The molecule has 0 bridgehead atoms. The molecule has 2 amide bonds. The van der Waals surface area contributed by atoms with Gasteiger partial charge in [0.1, 0.15) is 5.75 Å². The third kappa shape index (κ3) is 4.40. The highest BCUT2D eigenvalue weighted by Gasteiger charge is 2.37. The highest BCUT2D eigenvalue weighted by Crippen LogP contribution is 2.35. The van der Waals surface area contributed by atoms with E-state index in [0.29, 0.717) is 36.1 Å². The van der Waals surface area contributed by atoms with Gasteiger partial charge in [0.2, 0.25) is 11.8 Å². The Balaban J connectivity index is 0.00000243. The van der Waals surface area contributed by atoms with Crippen molar-refractivity contribution in [2.24, 2.45) is 11.8 Å². The molecule has 3 atom stereocenters. The second-order valence-corrected chi connectivity index (χ2v) is 6.89. The Labute approximate surface area is 163 Å². The highest BCUT2D eigenvalue weighted by molar-refractivity contribution is 6.31. The topological polar surface area (TPSA) is 90.9 Å². The maximum Gasteiger partial charge on any atom is 0.227 e. The molecular weight excluding hydrogens is 381 g/mol. The number of hydrogen-bond acceptors (Lipinski definition) is 5. The molecule has 9 heteroatoms. The standard InChI is InChI=1S/C17H22ClN3O4.ClH/c1-25-15-3-2-12(18)5-13(15)21-9-10(4-16(21)23)17(24)20-7-11-6-19-8-14(11)22;/h2-3,5,10-11,14,19,22H,4,6-9H2,1H3,(H,20,24);1H. The summed E-state index contributed by atoms with van der Waals surface area (Å²) in [7, 11) is 1.53. The Morgan fingerprint density at radius 1 is 1.46 bits per heavy atom. The van der Waals surface area contributed by atoms with Crippen molar-refractivity contribution in [3.63, 3.8) is 0 Å². The van der Waals surface area contributed by atoms with Crippen molar-refractivity contribution in [1.82, 2.24) is 10.6 Å². The Bertz CT molecular complexity index is 673. The average molecular weight is 404 g/mol. The van der Waals surface area contributed by atoms with Gasteiger partial charge in [-0.2, -0.15) is 0 Å². The van der Waals surface area contributed by atoms with E-state index in [9.17, 15) is 14.7 Å². The lowest BCUT2D eigenvalue weighted by molar-refractivity contribution is -0.126. The van der Waals surface area contributed by atoms with Crippen molar-refractivity contribution in [2.75, 3.05) is 38.2 Å². The summed E-state index contributed by atoms with van der Waals surface area (Å²) in [6.45, 7) is 1.91. The molecule has 3 rings (SSSR count). The lowest BCUT2D eigenvalue weighted by atomic mass is 10.0. The van der Waals surface area contributed by atoms with Crippen LogP contribution in [0.3, 0.4) is 0 Å². The number of hydrogen-bond donors (Lipinski definition) is 3. The predicted octanol–water partition coefficient (Wildman–Crippen LogP) is 0.820. The van der Waals surface area contributed by atoms with Gasteiger partial charge < -0.3 is 25.4 Å². The molecule has 2 aliphatic rings. The van der Waals surface area contributed by atoms with Crippen molar-refractivity contribution < 1.29 is 19.4 Å². The van der Waals surface area contributed by atoms with Gasteiger partial charge in [0.25, 0.3) is 0 Å².